The first-order valence-electron chi connectivity index (χ1n) is 9.18. The number of benzene rings is 2. The maximum Gasteiger partial charge on any atom is 0.178 e. The number of aliphatic hydroxyl groups excluding tert-OH is 1. The molecule has 0 amide bonds. The summed E-state index contributed by atoms with van der Waals surface area (Å²) < 4.78 is 30.3. The van der Waals surface area contributed by atoms with E-state index < -0.39 is 9.84 Å². The van der Waals surface area contributed by atoms with Crippen molar-refractivity contribution in [3.05, 3.63) is 48.0 Å². The number of ether oxygens (including phenoxy) is 1. The Labute approximate surface area is 174 Å². The normalized spacial score (nSPS) is 17.4. The number of fused-ring (bicyclic) bond motifs is 3. The number of aliphatic hydroxyl groups is 1. The number of alkyl halides is 1. The Balaban J connectivity index is 1.90. The second-order valence-corrected chi connectivity index (χ2v) is 9.36. The molecule has 2 aliphatic rings. The van der Waals surface area contributed by atoms with Crippen LogP contribution in [0.4, 0.5) is 5.69 Å². The maximum absolute atomic E-state index is 12.3. The van der Waals surface area contributed by atoms with Gasteiger partial charge in [-0.15, -0.1) is 11.6 Å². The first-order valence-corrected chi connectivity index (χ1v) is 11.3. The van der Waals surface area contributed by atoms with E-state index >= 15 is 0 Å². The molecule has 150 valence electrons. The van der Waals surface area contributed by atoms with Gasteiger partial charge < -0.3 is 9.84 Å². The Morgan fingerprint density at radius 3 is 2.83 bits per heavy atom. The molecule has 6 nitrogen and oxygen atoms in total. The minimum absolute atomic E-state index is 0.0313. The molecule has 1 unspecified atom stereocenters. The lowest BCUT2D eigenvalue weighted by atomic mass is 9.92. The van der Waals surface area contributed by atoms with Gasteiger partial charge in [0, 0.05) is 17.4 Å². The molecule has 0 saturated carbocycles. The van der Waals surface area contributed by atoms with Gasteiger partial charge in [0.25, 0.3) is 0 Å². The van der Waals surface area contributed by atoms with Crippen LogP contribution in [0, 0.1) is 0 Å². The van der Waals surface area contributed by atoms with Crippen molar-refractivity contribution in [3.63, 3.8) is 0 Å². The molecule has 2 heterocycles. The highest BCUT2D eigenvalue weighted by Gasteiger charge is 2.30. The molecular weight excluding hydrogens is 412 g/mol. The molecular formula is C21H19ClN2O4S. The summed E-state index contributed by atoms with van der Waals surface area (Å²) in [5, 5.41) is 8.75. The first-order chi connectivity index (χ1) is 13.9. The molecule has 0 radical (unpaired) electrons. The molecule has 0 fully saturated rings. The Morgan fingerprint density at radius 1 is 1.24 bits per heavy atom. The van der Waals surface area contributed by atoms with E-state index in [9.17, 15) is 8.42 Å². The molecule has 0 aliphatic carbocycles. The molecule has 0 saturated heterocycles. The quantitative estimate of drug-likeness (QED) is 0.708. The number of hydrogen-bond acceptors (Lipinski definition) is 6. The van der Waals surface area contributed by atoms with E-state index in [4.69, 9.17) is 21.4 Å². The largest absolute Gasteiger partial charge is 0.489 e. The molecule has 8 heteroatoms. The lowest BCUT2D eigenvalue weighted by Gasteiger charge is -2.15. The number of hydrogen-bond donors (Lipinski definition) is 1. The smallest absolute Gasteiger partial charge is 0.178 e. The Morgan fingerprint density at radius 2 is 2.07 bits per heavy atom. The van der Waals surface area contributed by atoms with Crippen molar-refractivity contribution in [2.24, 2.45) is 9.98 Å². The average Bonchev–Trinajstić information content (AvgIpc) is 3.11. The summed E-state index contributed by atoms with van der Waals surface area (Å²) in [7, 11) is -3.34. The van der Waals surface area contributed by atoms with E-state index in [1.54, 1.807) is 37.4 Å². The zero-order valence-electron chi connectivity index (χ0n) is 15.7. The Bertz CT molecular complexity index is 1170. The van der Waals surface area contributed by atoms with E-state index in [1.165, 1.54) is 0 Å². The van der Waals surface area contributed by atoms with Crippen molar-refractivity contribution in [1.29, 1.82) is 0 Å². The van der Waals surface area contributed by atoms with E-state index in [2.05, 4.69) is 9.98 Å². The van der Waals surface area contributed by atoms with Crippen LogP contribution in [0.3, 0.4) is 0 Å². The molecule has 2 aromatic carbocycles. The van der Waals surface area contributed by atoms with E-state index in [1.807, 2.05) is 18.2 Å². The third-order valence-electron chi connectivity index (χ3n) is 4.77. The predicted octanol–water partition coefficient (Wildman–Crippen LogP) is 3.64. The lowest BCUT2D eigenvalue weighted by molar-refractivity contribution is 0.202. The van der Waals surface area contributed by atoms with Crippen LogP contribution in [0.15, 0.2) is 57.4 Å². The molecule has 2 aromatic rings. The van der Waals surface area contributed by atoms with Gasteiger partial charge >= 0.3 is 0 Å². The fourth-order valence-electron chi connectivity index (χ4n) is 3.37. The maximum atomic E-state index is 12.3. The van der Waals surface area contributed by atoms with Crippen LogP contribution >= 0.6 is 11.6 Å². The molecule has 0 spiro atoms. The van der Waals surface area contributed by atoms with E-state index in [-0.39, 0.29) is 29.2 Å². The number of nitrogens with zero attached hydrogens (tertiary/aromatic N) is 2. The number of amidine groups is 1. The van der Waals surface area contributed by atoms with Crippen LogP contribution in [-0.4, -0.2) is 49.9 Å². The summed E-state index contributed by atoms with van der Waals surface area (Å²) in [4.78, 5) is 9.21. The second kappa shape index (κ2) is 7.74. The van der Waals surface area contributed by atoms with E-state index in [0.717, 1.165) is 22.3 Å². The SMILES string of the molecule is CCS(=O)(=O)c1cccc(-c2ccc(OCCO)c3c2C2=CC(Cl)C=NC2=N3)c1. The molecule has 4 rings (SSSR count). The highest BCUT2D eigenvalue weighted by molar-refractivity contribution is 7.91. The van der Waals surface area contributed by atoms with Crippen molar-refractivity contribution in [3.8, 4) is 16.9 Å². The van der Waals surface area contributed by atoms with E-state index in [0.29, 0.717) is 17.3 Å². The summed E-state index contributed by atoms with van der Waals surface area (Å²) in [5.74, 6) is 1.10. The van der Waals surface area contributed by atoms with Gasteiger partial charge in [-0.3, -0.25) is 0 Å². The number of sulfone groups is 1. The van der Waals surface area contributed by atoms with Gasteiger partial charge in [-0.25, -0.2) is 18.4 Å². The zero-order chi connectivity index (χ0) is 20.6. The molecule has 1 atom stereocenters. The van der Waals surface area contributed by atoms with Crippen LogP contribution in [0.5, 0.6) is 5.75 Å². The first kappa shape index (κ1) is 19.8. The average molecular weight is 431 g/mol. The van der Waals surface area contributed by atoms with Gasteiger partial charge in [-0.05, 0) is 41.5 Å². The number of dihydropyridines is 1. The van der Waals surface area contributed by atoms with Gasteiger partial charge in [0.2, 0.25) is 0 Å². The number of halogens is 1. The number of aliphatic imine (C=N–C) groups is 2. The van der Waals surface area contributed by atoms with Crippen molar-refractivity contribution in [2.75, 3.05) is 19.0 Å². The number of allylic oxidation sites excluding steroid dienone is 1. The molecule has 2 aliphatic heterocycles. The molecule has 0 bridgehead atoms. The topological polar surface area (TPSA) is 88.3 Å². The van der Waals surface area contributed by atoms with Gasteiger partial charge in [0.1, 0.15) is 18.0 Å². The highest BCUT2D eigenvalue weighted by Crippen LogP contribution is 2.48. The minimum Gasteiger partial charge on any atom is -0.489 e. The monoisotopic (exact) mass is 430 g/mol. The second-order valence-electron chi connectivity index (χ2n) is 6.58. The summed E-state index contributed by atoms with van der Waals surface area (Å²) in [6, 6.07) is 10.5. The summed E-state index contributed by atoms with van der Waals surface area (Å²) in [6.45, 7) is 1.65. The van der Waals surface area contributed by atoms with Crippen LogP contribution < -0.4 is 4.74 Å². The highest BCUT2D eigenvalue weighted by atomic mass is 35.5. The van der Waals surface area contributed by atoms with Crippen molar-refractivity contribution < 1.29 is 18.3 Å². The lowest BCUT2D eigenvalue weighted by Crippen LogP contribution is -2.09. The fraction of sp³-hybridized carbons (Fsp3) is 0.238. The summed E-state index contributed by atoms with van der Waals surface area (Å²) in [5.41, 5.74) is 3.75. The fourth-order valence-corrected chi connectivity index (χ4v) is 4.48. The van der Waals surface area contributed by atoms with Gasteiger partial charge in [-0.1, -0.05) is 19.1 Å². The van der Waals surface area contributed by atoms with Gasteiger partial charge in [0.15, 0.2) is 15.7 Å². The van der Waals surface area contributed by atoms with Gasteiger partial charge in [0.05, 0.1) is 22.6 Å². The molecule has 0 aromatic heterocycles. The van der Waals surface area contributed by atoms with Crippen LogP contribution in [0.1, 0.15) is 12.5 Å². The standard InChI is InChI=1S/C21H19ClN2O4S/c1-2-29(26,27)15-5-3-4-13(10-15)16-6-7-18(28-9-8-25)20-19(16)17-11-14(22)12-23-21(17)24-20/h3-7,10-12,14,25H,2,8-9H2,1H3. The zero-order valence-corrected chi connectivity index (χ0v) is 17.2. The third kappa shape index (κ3) is 3.61. The van der Waals surface area contributed by atoms with Crippen LogP contribution in [-0.2, 0) is 9.84 Å². The van der Waals surface area contributed by atoms with Crippen molar-refractivity contribution in [1.82, 2.24) is 0 Å². The predicted molar refractivity (Wildman–Crippen MR) is 115 cm³/mol. The van der Waals surface area contributed by atoms with Crippen LogP contribution in [0.25, 0.3) is 16.7 Å². The summed E-state index contributed by atoms with van der Waals surface area (Å²) >= 11 is 6.25. The number of rotatable bonds is 6. The van der Waals surface area contributed by atoms with Crippen LogP contribution in [0.2, 0.25) is 0 Å². The Kier molecular flexibility index (Phi) is 5.29. The minimum atomic E-state index is -3.34. The Hall–Kier alpha value is -2.48. The third-order valence-corrected chi connectivity index (χ3v) is 6.74. The molecule has 1 N–H and O–H groups in total. The van der Waals surface area contributed by atoms with Gasteiger partial charge in [-0.2, -0.15) is 0 Å². The van der Waals surface area contributed by atoms with Crippen molar-refractivity contribution >= 4 is 44.7 Å². The molecule has 29 heavy (non-hydrogen) atoms. The summed E-state index contributed by atoms with van der Waals surface area (Å²) in [6.07, 6.45) is 3.48. The van der Waals surface area contributed by atoms with Crippen molar-refractivity contribution in [2.45, 2.75) is 17.2 Å².